The van der Waals surface area contributed by atoms with Crippen LogP contribution in [-0.4, -0.2) is 58.8 Å². The molecule has 10 nitrogen and oxygen atoms in total. The summed E-state index contributed by atoms with van der Waals surface area (Å²) in [4.78, 5) is 26.3. The largest absolute Gasteiger partial charge is 0.382 e. The molecular weight excluding hydrogens is 468 g/mol. The van der Waals surface area contributed by atoms with Gasteiger partial charge in [0.05, 0.1) is 23.6 Å². The summed E-state index contributed by atoms with van der Waals surface area (Å²) in [5.74, 6) is -2.54. The molecule has 12 heteroatoms. The minimum atomic E-state index is -1.11. The van der Waals surface area contributed by atoms with E-state index in [1.807, 2.05) is 19.9 Å². The number of hydrogen-bond acceptors (Lipinski definition) is 9. The van der Waals surface area contributed by atoms with Crippen molar-refractivity contribution in [2.24, 2.45) is 5.73 Å². The lowest BCUT2D eigenvalue weighted by Crippen LogP contribution is -2.43. The minimum absolute atomic E-state index is 0.00383. The van der Waals surface area contributed by atoms with Crippen LogP contribution in [0.2, 0.25) is 0 Å². The van der Waals surface area contributed by atoms with Crippen LogP contribution in [-0.2, 0) is 4.79 Å². The molecule has 1 amide bonds. The summed E-state index contributed by atoms with van der Waals surface area (Å²) in [6, 6.07) is 6.33. The monoisotopic (exact) mass is 495 g/mol. The molecule has 0 aliphatic carbocycles. The summed E-state index contributed by atoms with van der Waals surface area (Å²) in [6.45, 7) is 7.19. The van der Waals surface area contributed by atoms with Crippen molar-refractivity contribution in [1.29, 1.82) is 5.41 Å². The highest BCUT2D eigenvalue weighted by Gasteiger charge is 2.24. The topological polar surface area (TPSA) is 145 Å². The van der Waals surface area contributed by atoms with Crippen LogP contribution < -0.4 is 26.6 Å². The molecule has 2 aromatic heterocycles. The number of halogens is 2. The Hall–Kier alpha value is -4.19. The number of amides is 1. The molecule has 0 unspecified atom stereocenters. The first-order chi connectivity index (χ1) is 17.2. The molecule has 0 atom stereocenters. The van der Waals surface area contributed by atoms with E-state index in [9.17, 15) is 9.18 Å². The molecule has 6 N–H and O–H groups in total. The fraction of sp³-hybridized carbons (Fsp3) is 0.292. The molecule has 1 aromatic carbocycles. The molecule has 3 heterocycles. The van der Waals surface area contributed by atoms with E-state index in [2.05, 4.69) is 35.8 Å². The quantitative estimate of drug-likeness (QED) is 0.300. The van der Waals surface area contributed by atoms with Gasteiger partial charge < -0.3 is 26.6 Å². The van der Waals surface area contributed by atoms with Gasteiger partial charge in [-0.2, -0.15) is 0 Å². The van der Waals surface area contributed by atoms with Gasteiger partial charge >= 0.3 is 0 Å². The molecule has 0 radical (unpaired) electrons. The van der Waals surface area contributed by atoms with E-state index in [-0.39, 0.29) is 34.5 Å². The summed E-state index contributed by atoms with van der Waals surface area (Å²) >= 11 is 0. The maximum Gasteiger partial charge on any atom is 0.267 e. The smallest absolute Gasteiger partial charge is 0.267 e. The Morgan fingerprint density at radius 3 is 2.53 bits per heavy atom. The van der Waals surface area contributed by atoms with E-state index in [4.69, 9.17) is 11.1 Å². The fourth-order valence-corrected chi connectivity index (χ4v) is 3.86. The summed E-state index contributed by atoms with van der Waals surface area (Å²) in [5, 5.41) is 17.2. The van der Waals surface area contributed by atoms with Crippen molar-refractivity contribution in [2.75, 3.05) is 41.7 Å². The summed E-state index contributed by atoms with van der Waals surface area (Å²) in [5.41, 5.74) is 4.74. The first kappa shape index (κ1) is 24.9. The van der Waals surface area contributed by atoms with Crippen molar-refractivity contribution in [3.05, 3.63) is 53.9 Å². The third kappa shape index (κ3) is 5.38. The molecule has 0 bridgehead atoms. The number of piperazine rings is 1. The van der Waals surface area contributed by atoms with Crippen LogP contribution in [0, 0.1) is 17.0 Å². The fourth-order valence-electron chi connectivity index (χ4n) is 3.86. The highest BCUT2D eigenvalue weighted by atomic mass is 19.1. The average Bonchev–Trinajstić information content (AvgIpc) is 2.86. The van der Waals surface area contributed by atoms with Gasteiger partial charge in [-0.1, -0.05) is 0 Å². The van der Waals surface area contributed by atoms with Crippen LogP contribution in [0.3, 0.4) is 0 Å². The number of primary amides is 1. The van der Waals surface area contributed by atoms with Crippen LogP contribution in [0.4, 0.5) is 31.9 Å². The first-order valence-electron chi connectivity index (χ1n) is 11.4. The van der Waals surface area contributed by atoms with E-state index in [0.717, 1.165) is 38.1 Å². The van der Waals surface area contributed by atoms with Gasteiger partial charge in [-0.05, 0) is 38.1 Å². The Morgan fingerprint density at radius 1 is 1.14 bits per heavy atom. The van der Waals surface area contributed by atoms with Crippen LogP contribution in [0.5, 0.6) is 0 Å². The number of nitrogens with zero attached hydrogens (tertiary/aromatic N) is 4. The predicted molar refractivity (Wildman–Crippen MR) is 135 cm³/mol. The first-order valence-corrected chi connectivity index (χ1v) is 11.4. The van der Waals surface area contributed by atoms with Crippen molar-refractivity contribution >= 4 is 34.8 Å². The highest BCUT2D eigenvalue weighted by Crippen LogP contribution is 2.31. The van der Waals surface area contributed by atoms with E-state index in [1.165, 1.54) is 12.1 Å². The van der Waals surface area contributed by atoms with Gasteiger partial charge in [0.15, 0.2) is 5.82 Å². The number of carbonyl (C=O) groups excluding carboxylic acids is 1. The lowest BCUT2D eigenvalue weighted by atomic mass is 10.00. The molecule has 1 saturated heterocycles. The molecule has 4 rings (SSSR count). The summed E-state index contributed by atoms with van der Waals surface area (Å²) in [6.07, 6.45) is 2.64. The van der Waals surface area contributed by atoms with E-state index in [1.54, 1.807) is 12.3 Å². The lowest BCUT2D eigenvalue weighted by Gasteiger charge is -2.29. The molecule has 1 aliphatic heterocycles. The molecule has 1 aliphatic rings. The van der Waals surface area contributed by atoms with Crippen molar-refractivity contribution in [1.82, 2.24) is 20.3 Å². The van der Waals surface area contributed by atoms with Crippen molar-refractivity contribution in [3.8, 4) is 11.3 Å². The number of carbonyl (C=O) groups is 1. The normalized spacial score (nSPS) is 13.5. The van der Waals surface area contributed by atoms with Crippen molar-refractivity contribution < 1.29 is 13.6 Å². The number of benzene rings is 1. The second-order valence-electron chi connectivity index (χ2n) is 8.54. The van der Waals surface area contributed by atoms with E-state index >= 15 is 4.39 Å². The third-order valence-electron chi connectivity index (χ3n) is 5.55. The Kier molecular flexibility index (Phi) is 7.34. The van der Waals surface area contributed by atoms with Gasteiger partial charge in [0.25, 0.3) is 5.91 Å². The number of pyridine rings is 1. The molecule has 188 valence electrons. The van der Waals surface area contributed by atoms with Crippen LogP contribution in [0.1, 0.15) is 19.4 Å². The van der Waals surface area contributed by atoms with E-state index < -0.39 is 23.3 Å². The van der Waals surface area contributed by atoms with Crippen molar-refractivity contribution in [3.63, 3.8) is 0 Å². The molecule has 0 spiro atoms. The minimum Gasteiger partial charge on any atom is -0.382 e. The third-order valence-corrected chi connectivity index (χ3v) is 5.55. The zero-order valence-corrected chi connectivity index (χ0v) is 19.9. The standard InChI is InChI=1S/C24H27F2N9O/c1-13(2)32-17-5-4-15(20(26)19(17)21(27)23(28)36)22-16(25)12-31-24(34-22)33-18-6-3-14(11-30-18)35-9-7-29-8-10-35/h3-6,11-13,27,29,32H,7-10H2,1-2H3,(H2,28,36)(H,30,31,33,34). The Balaban J connectivity index is 1.65. The van der Waals surface area contributed by atoms with Gasteiger partial charge in [0.1, 0.15) is 23.0 Å². The summed E-state index contributed by atoms with van der Waals surface area (Å²) in [7, 11) is 0. The van der Waals surface area contributed by atoms with Crippen LogP contribution >= 0.6 is 0 Å². The number of rotatable bonds is 8. The number of aromatic nitrogens is 3. The maximum atomic E-state index is 15.6. The van der Waals surface area contributed by atoms with Gasteiger partial charge in [-0.15, -0.1) is 0 Å². The predicted octanol–water partition coefficient (Wildman–Crippen LogP) is 2.64. The SMILES string of the molecule is CC(C)Nc1ccc(-c2nc(Nc3ccc(N4CCNCC4)cn3)ncc2F)c(F)c1C(=N)C(N)=O. The van der Waals surface area contributed by atoms with Crippen molar-refractivity contribution in [2.45, 2.75) is 19.9 Å². The number of hydrogen-bond donors (Lipinski definition) is 5. The molecule has 3 aromatic rings. The highest BCUT2D eigenvalue weighted by molar-refractivity contribution is 6.44. The van der Waals surface area contributed by atoms with Crippen LogP contribution in [0.15, 0.2) is 36.7 Å². The second-order valence-corrected chi connectivity index (χ2v) is 8.54. The second kappa shape index (κ2) is 10.6. The van der Waals surface area contributed by atoms with Gasteiger partial charge in [0, 0.05) is 43.5 Å². The van der Waals surface area contributed by atoms with Crippen LogP contribution in [0.25, 0.3) is 11.3 Å². The summed E-state index contributed by atoms with van der Waals surface area (Å²) < 4.78 is 30.3. The van der Waals surface area contributed by atoms with E-state index in [0.29, 0.717) is 5.82 Å². The molecule has 1 fully saturated rings. The Labute approximate surface area is 206 Å². The lowest BCUT2D eigenvalue weighted by molar-refractivity contribution is -0.112. The Morgan fingerprint density at radius 2 is 1.89 bits per heavy atom. The number of anilines is 4. The van der Waals surface area contributed by atoms with Gasteiger partial charge in [-0.3, -0.25) is 10.2 Å². The molecular formula is C24H27F2N9O. The van der Waals surface area contributed by atoms with Gasteiger partial charge in [-0.25, -0.2) is 23.7 Å². The Bertz CT molecular complexity index is 1280. The zero-order valence-electron chi connectivity index (χ0n) is 19.9. The maximum absolute atomic E-state index is 15.6. The number of nitrogens with two attached hydrogens (primary N) is 1. The molecule has 36 heavy (non-hydrogen) atoms. The number of nitrogens with one attached hydrogen (secondary N) is 4. The average molecular weight is 496 g/mol. The molecule has 0 saturated carbocycles. The van der Waals surface area contributed by atoms with Gasteiger partial charge in [0.2, 0.25) is 5.95 Å². The zero-order chi connectivity index (χ0) is 25.8.